The van der Waals surface area contributed by atoms with Gasteiger partial charge in [-0.25, -0.2) is 0 Å². The topological polar surface area (TPSA) is 25.2 Å². The summed E-state index contributed by atoms with van der Waals surface area (Å²) < 4.78 is 5.82. The quantitative estimate of drug-likeness (QED) is 0.795. The minimum Gasteiger partial charge on any atom is -0.456 e. The lowest BCUT2D eigenvalue weighted by atomic mass is 10.1. The van der Waals surface area contributed by atoms with Crippen molar-refractivity contribution in [3.05, 3.63) is 42.2 Å². The van der Waals surface area contributed by atoms with Crippen LogP contribution < -0.4 is 5.32 Å². The Morgan fingerprint density at radius 2 is 2.11 bits per heavy atom. The van der Waals surface area contributed by atoms with Crippen LogP contribution in [0, 0.1) is 0 Å². The zero-order chi connectivity index (χ0) is 13.0. The van der Waals surface area contributed by atoms with Gasteiger partial charge in [0.05, 0.1) is 0 Å². The van der Waals surface area contributed by atoms with Crippen molar-refractivity contribution in [1.29, 1.82) is 0 Å². The molecule has 1 aromatic carbocycles. The first-order valence-electron chi connectivity index (χ1n) is 6.56. The molecule has 0 spiro atoms. The predicted molar refractivity (Wildman–Crippen MR) is 77.6 cm³/mol. The fraction of sp³-hybridized carbons (Fsp3) is 0.375. The highest BCUT2D eigenvalue weighted by Gasteiger charge is 2.04. The molecular weight excluding hydrogens is 222 g/mol. The van der Waals surface area contributed by atoms with Gasteiger partial charge in [-0.05, 0) is 37.6 Å². The maximum atomic E-state index is 5.82. The number of fused-ring (bicyclic) bond motifs is 1. The molecule has 1 heterocycles. The van der Waals surface area contributed by atoms with Gasteiger partial charge >= 0.3 is 0 Å². The van der Waals surface area contributed by atoms with Gasteiger partial charge in [-0.3, -0.25) is 0 Å². The predicted octanol–water partition coefficient (Wildman–Crippen LogP) is 4.22. The lowest BCUT2D eigenvalue weighted by Crippen LogP contribution is -2.23. The van der Waals surface area contributed by atoms with Crippen LogP contribution in [0.2, 0.25) is 0 Å². The van der Waals surface area contributed by atoms with E-state index in [0.29, 0.717) is 6.04 Å². The number of para-hydroxylation sites is 1. The second kappa shape index (κ2) is 5.87. The van der Waals surface area contributed by atoms with Crippen molar-refractivity contribution in [2.45, 2.75) is 33.2 Å². The number of hydrogen-bond acceptors (Lipinski definition) is 2. The van der Waals surface area contributed by atoms with Crippen LogP contribution in [0.4, 0.5) is 0 Å². The van der Waals surface area contributed by atoms with Crippen molar-refractivity contribution < 1.29 is 4.42 Å². The summed E-state index contributed by atoms with van der Waals surface area (Å²) >= 11 is 0. The number of benzene rings is 1. The lowest BCUT2D eigenvalue weighted by Gasteiger charge is -2.05. The van der Waals surface area contributed by atoms with Crippen LogP contribution in [0.25, 0.3) is 16.5 Å². The average Bonchev–Trinajstić information content (AvgIpc) is 2.78. The minimum atomic E-state index is 0.546. The smallest absolute Gasteiger partial charge is 0.134 e. The van der Waals surface area contributed by atoms with Crippen molar-refractivity contribution in [2.24, 2.45) is 0 Å². The van der Waals surface area contributed by atoms with E-state index in [9.17, 15) is 0 Å². The molecule has 2 heteroatoms. The molecule has 0 aliphatic heterocycles. The number of rotatable bonds is 5. The first-order valence-corrected chi connectivity index (χ1v) is 6.56. The van der Waals surface area contributed by atoms with Crippen molar-refractivity contribution >= 4 is 16.5 Å². The first-order chi connectivity index (χ1) is 8.66. The molecule has 0 atom stereocenters. The van der Waals surface area contributed by atoms with E-state index >= 15 is 0 Å². The van der Waals surface area contributed by atoms with Gasteiger partial charge in [0.2, 0.25) is 0 Å². The van der Waals surface area contributed by atoms with E-state index in [1.54, 1.807) is 0 Å². The lowest BCUT2D eigenvalue weighted by molar-refractivity contribution is 0.591. The standard InChI is InChI=1S/C16H21NO/c1-12(2)17-10-6-7-13(3)16-11-14-8-4-5-9-15(14)18-16/h4-5,7-9,11-12,17H,6,10H2,1-3H3/b13-7-. The molecule has 0 aliphatic rings. The summed E-state index contributed by atoms with van der Waals surface area (Å²) in [7, 11) is 0. The Hall–Kier alpha value is -1.54. The van der Waals surface area contributed by atoms with E-state index in [2.05, 4.69) is 44.3 Å². The number of nitrogens with one attached hydrogen (secondary N) is 1. The number of furan rings is 1. The van der Waals surface area contributed by atoms with Crippen molar-refractivity contribution in [2.75, 3.05) is 6.54 Å². The largest absolute Gasteiger partial charge is 0.456 e. The second-order valence-corrected chi connectivity index (χ2v) is 4.93. The highest BCUT2D eigenvalue weighted by Crippen LogP contribution is 2.24. The maximum absolute atomic E-state index is 5.82. The second-order valence-electron chi connectivity index (χ2n) is 4.93. The van der Waals surface area contributed by atoms with E-state index in [1.165, 1.54) is 11.0 Å². The number of hydrogen-bond donors (Lipinski definition) is 1. The van der Waals surface area contributed by atoms with Gasteiger partial charge < -0.3 is 9.73 Å². The van der Waals surface area contributed by atoms with Gasteiger partial charge in [-0.15, -0.1) is 0 Å². The molecule has 0 fully saturated rings. The van der Waals surface area contributed by atoms with Crippen LogP contribution >= 0.6 is 0 Å². The van der Waals surface area contributed by atoms with Crippen LogP contribution in [0.1, 0.15) is 33.0 Å². The van der Waals surface area contributed by atoms with Crippen LogP contribution in [0.15, 0.2) is 40.8 Å². The third-order valence-corrected chi connectivity index (χ3v) is 2.96. The third kappa shape index (κ3) is 3.23. The average molecular weight is 243 g/mol. The molecule has 2 nitrogen and oxygen atoms in total. The van der Waals surface area contributed by atoms with Gasteiger partial charge in [-0.1, -0.05) is 38.1 Å². The van der Waals surface area contributed by atoms with Crippen molar-refractivity contribution in [3.63, 3.8) is 0 Å². The third-order valence-electron chi connectivity index (χ3n) is 2.96. The molecule has 0 amide bonds. The summed E-state index contributed by atoms with van der Waals surface area (Å²) in [6.07, 6.45) is 3.26. The van der Waals surface area contributed by atoms with Gasteiger partial charge in [0, 0.05) is 11.4 Å². The zero-order valence-corrected chi connectivity index (χ0v) is 11.4. The Morgan fingerprint density at radius 3 is 2.83 bits per heavy atom. The maximum Gasteiger partial charge on any atom is 0.134 e. The molecule has 2 rings (SSSR count). The Morgan fingerprint density at radius 1 is 1.33 bits per heavy atom. The fourth-order valence-corrected chi connectivity index (χ4v) is 1.94. The molecule has 96 valence electrons. The van der Waals surface area contributed by atoms with Crippen LogP contribution in [0.5, 0.6) is 0 Å². The zero-order valence-electron chi connectivity index (χ0n) is 11.4. The van der Waals surface area contributed by atoms with Gasteiger partial charge in [0.25, 0.3) is 0 Å². The van der Waals surface area contributed by atoms with Crippen LogP contribution in [-0.2, 0) is 0 Å². The monoisotopic (exact) mass is 243 g/mol. The van der Waals surface area contributed by atoms with Crippen molar-refractivity contribution in [3.8, 4) is 0 Å². The van der Waals surface area contributed by atoms with Crippen LogP contribution in [-0.4, -0.2) is 12.6 Å². The molecule has 0 saturated carbocycles. The Bertz CT molecular complexity index is 504. The molecule has 1 N–H and O–H groups in total. The molecule has 18 heavy (non-hydrogen) atoms. The Labute approximate surface area is 109 Å². The van der Waals surface area contributed by atoms with Gasteiger partial charge in [0.1, 0.15) is 11.3 Å². The SMILES string of the molecule is C/C(=C/CCNC(C)C)c1cc2ccccc2o1. The van der Waals surface area contributed by atoms with Gasteiger partial charge in [-0.2, -0.15) is 0 Å². The number of allylic oxidation sites excluding steroid dienone is 1. The summed E-state index contributed by atoms with van der Waals surface area (Å²) in [5.74, 6) is 0.973. The molecule has 0 aliphatic carbocycles. The molecule has 2 aromatic rings. The molecule has 0 radical (unpaired) electrons. The molecule has 0 bridgehead atoms. The fourth-order valence-electron chi connectivity index (χ4n) is 1.94. The van der Waals surface area contributed by atoms with E-state index in [4.69, 9.17) is 4.42 Å². The van der Waals surface area contributed by atoms with E-state index in [1.807, 2.05) is 18.2 Å². The summed E-state index contributed by atoms with van der Waals surface area (Å²) in [5, 5.41) is 4.57. The molecule has 0 unspecified atom stereocenters. The van der Waals surface area contributed by atoms with E-state index in [0.717, 1.165) is 24.3 Å². The van der Waals surface area contributed by atoms with Crippen molar-refractivity contribution in [1.82, 2.24) is 5.32 Å². The Balaban J connectivity index is 2.03. The van der Waals surface area contributed by atoms with Gasteiger partial charge in [0.15, 0.2) is 0 Å². The first kappa shape index (κ1) is 12.9. The van der Waals surface area contributed by atoms with E-state index < -0.39 is 0 Å². The van der Waals surface area contributed by atoms with Crippen LogP contribution in [0.3, 0.4) is 0 Å². The molecule has 1 aromatic heterocycles. The normalized spacial score (nSPS) is 12.6. The summed E-state index contributed by atoms with van der Waals surface area (Å²) in [5.41, 5.74) is 2.16. The Kier molecular flexibility index (Phi) is 4.21. The highest BCUT2D eigenvalue weighted by molar-refractivity contribution is 5.81. The molecular formula is C16H21NO. The van der Waals surface area contributed by atoms with E-state index in [-0.39, 0.29) is 0 Å². The summed E-state index contributed by atoms with van der Waals surface area (Å²) in [6, 6.07) is 10.8. The summed E-state index contributed by atoms with van der Waals surface area (Å²) in [6.45, 7) is 7.44. The summed E-state index contributed by atoms with van der Waals surface area (Å²) in [4.78, 5) is 0. The minimum absolute atomic E-state index is 0.546. The highest BCUT2D eigenvalue weighted by atomic mass is 16.3. The molecule has 0 saturated heterocycles.